The van der Waals surface area contributed by atoms with Gasteiger partial charge in [-0.2, -0.15) is 0 Å². The summed E-state index contributed by atoms with van der Waals surface area (Å²) in [6, 6.07) is 43.0. The second kappa shape index (κ2) is 10.4. The second-order valence-electron chi connectivity index (χ2n) is 12.1. The molecule has 4 heteroatoms. The van der Waals surface area contributed by atoms with Gasteiger partial charge in [-0.1, -0.05) is 103 Å². The first-order valence-corrected chi connectivity index (χ1v) is 15.7. The van der Waals surface area contributed by atoms with Gasteiger partial charge < -0.3 is 4.42 Å². The van der Waals surface area contributed by atoms with Crippen molar-refractivity contribution in [1.82, 2.24) is 15.4 Å². The highest BCUT2D eigenvalue weighted by Crippen LogP contribution is 2.53. The molecule has 0 aliphatic heterocycles. The highest BCUT2D eigenvalue weighted by molar-refractivity contribution is 6.19. The number of hydrogen-bond acceptors (Lipinski definition) is 4. The molecule has 0 N–H and O–H groups in total. The van der Waals surface area contributed by atoms with Crippen molar-refractivity contribution in [2.24, 2.45) is 0 Å². The third kappa shape index (κ3) is 3.97. The van der Waals surface area contributed by atoms with E-state index in [0.717, 1.165) is 67.4 Å². The first-order chi connectivity index (χ1) is 22.7. The van der Waals surface area contributed by atoms with E-state index in [0.29, 0.717) is 0 Å². The number of aryl methyl sites for hydroxylation is 1. The minimum atomic E-state index is 0.769. The van der Waals surface area contributed by atoms with Gasteiger partial charge in [0.25, 0.3) is 0 Å². The predicted octanol–water partition coefficient (Wildman–Crippen LogP) is 10.6. The summed E-state index contributed by atoms with van der Waals surface area (Å²) >= 11 is 0. The van der Waals surface area contributed by atoms with Crippen molar-refractivity contribution in [1.29, 1.82) is 0 Å². The lowest BCUT2D eigenvalue weighted by molar-refractivity contribution is 0.669. The fraction of sp³-hybridized carbons (Fsp3) is 0.0714. The quantitative estimate of drug-likeness (QED) is 0.204. The van der Waals surface area contributed by atoms with E-state index in [4.69, 9.17) is 4.42 Å². The fourth-order valence-corrected chi connectivity index (χ4v) is 7.44. The maximum atomic E-state index is 6.65. The zero-order valence-electron chi connectivity index (χ0n) is 25.6. The lowest BCUT2D eigenvalue weighted by Gasteiger charge is -2.23. The van der Waals surface area contributed by atoms with Gasteiger partial charge in [0.1, 0.15) is 11.2 Å². The molecular weight excluding hydrogens is 562 g/mol. The van der Waals surface area contributed by atoms with Crippen LogP contribution >= 0.6 is 0 Å². The Hall–Kier alpha value is -5.87. The molecular formula is C42H29N3O. The summed E-state index contributed by atoms with van der Waals surface area (Å²) in [5.41, 5.74) is 18.3. The van der Waals surface area contributed by atoms with Crippen LogP contribution in [-0.2, 0) is 6.42 Å². The Morgan fingerprint density at radius 2 is 1.33 bits per heavy atom. The molecule has 46 heavy (non-hydrogen) atoms. The molecule has 0 bridgehead atoms. The molecule has 1 aliphatic carbocycles. The van der Waals surface area contributed by atoms with Gasteiger partial charge in [0.2, 0.25) is 0 Å². The van der Waals surface area contributed by atoms with E-state index < -0.39 is 0 Å². The van der Waals surface area contributed by atoms with Crippen molar-refractivity contribution in [2.45, 2.75) is 20.3 Å². The number of para-hydroxylation sites is 1. The molecule has 0 amide bonds. The molecule has 4 nitrogen and oxygen atoms in total. The van der Waals surface area contributed by atoms with Crippen molar-refractivity contribution in [3.8, 4) is 55.8 Å². The van der Waals surface area contributed by atoms with E-state index in [1.54, 1.807) is 6.20 Å². The van der Waals surface area contributed by atoms with Gasteiger partial charge in [0.15, 0.2) is 0 Å². The first kappa shape index (κ1) is 26.5. The topological polar surface area (TPSA) is 51.8 Å². The number of fused-ring (bicyclic) bond motifs is 6. The third-order valence-corrected chi connectivity index (χ3v) is 9.61. The monoisotopic (exact) mass is 591 g/mol. The lowest BCUT2D eigenvalue weighted by Crippen LogP contribution is -2.02. The molecule has 0 atom stereocenters. The Morgan fingerprint density at radius 3 is 2.15 bits per heavy atom. The zero-order valence-corrected chi connectivity index (χ0v) is 25.6. The van der Waals surface area contributed by atoms with Crippen LogP contribution in [0.3, 0.4) is 0 Å². The fourth-order valence-electron chi connectivity index (χ4n) is 7.44. The van der Waals surface area contributed by atoms with Crippen LogP contribution < -0.4 is 0 Å². The maximum Gasteiger partial charge on any atom is 0.136 e. The number of rotatable bonds is 4. The van der Waals surface area contributed by atoms with Crippen molar-refractivity contribution < 1.29 is 4.42 Å². The van der Waals surface area contributed by atoms with E-state index in [1.165, 1.54) is 38.9 Å². The Balaban J connectivity index is 1.51. The van der Waals surface area contributed by atoms with Crippen LogP contribution in [0.5, 0.6) is 0 Å². The smallest absolute Gasteiger partial charge is 0.136 e. The largest absolute Gasteiger partial charge is 0.456 e. The SMILES string of the molecule is Cc1cc2c(c(-c3c(-c4ccccc4-c4ccccc4)cc4oc5ccccc5c4c3-c3ccnnn3)c1C)Cc1ccccc1-2. The van der Waals surface area contributed by atoms with Gasteiger partial charge in [-0.25, -0.2) is 0 Å². The number of furan rings is 1. The number of hydrogen-bond donors (Lipinski definition) is 0. The van der Waals surface area contributed by atoms with E-state index in [-0.39, 0.29) is 0 Å². The molecule has 1 aliphatic rings. The van der Waals surface area contributed by atoms with E-state index in [9.17, 15) is 0 Å². The molecule has 0 saturated carbocycles. The summed E-state index contributed by atoms with van der Waals surface area (Å²) in [6.45, 7) is 4.50. The Labute approximate surface area is 267 Å². The van der Waals surface area contributed by atoms with Gasteiger partial charge >= 0.3 is 0 Å². The number of benzene rings is 6. The summed E-state index contributed by atoms with van der Waals surface area (Å²) < 4.78 is 6.65. The molecule has 0 fully saturated rings. The van der Waals surface area contributed by atoms with Gasteiger partial charge in [-0.15, -0.1) is 10.2 Å². The van der Waals surface area contributed by atoms with E-state index in [1.807, 2.05) is 18.2 Å². The van der Waals surface area contributed by atoms with Crippen LogP contribution in [0.4, 0.5) is 0 Å². The zero-order chi connectivity index (χ0) is 30.8. The highest BCUT2D eigenvalue weighted by atomic mass is 16.3. The van der Waals surface area contributed by atoms with Gasteiger partial charge in [-0.05, 0) is 105 Å². The molecule has 0 radical (unpaired) electrons. The number of nitrogens with zero attached hydrogens (tertiary/aromatic N) is 3. The first-order valence-electron chi connectivity index (χ1n) is 15.7. The molecule has 2 aromatic heterocycles. The highest BCUT2D eigenvalue weighted by Gasteiger charge is 2.30. The molecule has 6 aromatic carbocycles. The molecule has 8 aromatic rings. The molecule has 218 valence electrons. The molecule has 0 spiro atoms. The van der Waals surface area contributed by atoms with Gasteiger partial charge in [-0.3, -0.25) is 0 Å². The molecule has 9 rings (SSSR count). The summed E-state index contributed by atoms with van der Waals surface area (Å²) in [7, 11) is 0. The summed E-state index contributed by atoms with van der Waals surface area (Å²) in [6.07, 6.45) is 2.60. The second-order valence-corrected chi connectivity index (χ2v) is 12.1. The van der Waals surface area contributed by atoms with Crippen LogP contribution in [0.1, 0.15) is 22.3 Å². The lowest BCUT2D eigenvalue weighted by atomic mass is 9.79. The Bertz CT molecular complexity index is 2460. The summed E-state index contributed by atoms with van der Waals surface area (Å²) in [5.74, 6) is 0. The van der Waals surface area contributed by atoms with Crippen molar-refractivity contribution in [3.63, 3.8) is 0 Å². The Kier molecular flexibility index (Phi) is 5.97. The molecule has 0 saturated heterocycles. The Morgan fingerprint density at radius 1 is 0.587 bits per heavy atom. The van der Waals surface area contributed by atoms with Crippen LogP contribution in [0, 0.1) is 13.8 Å². The van der Waals surface area contributed by atoms with Crippen LogP contribution in [-0.4, -0.2) is 15.4 Å². The normalized spacial score (nSPS) is 12.0. The predicted molar refractivity (Wildman–Crippen MR) is 187 cm³/mol. The average molecular weight is 592 g/mol. The minimum Gasteiger partial charge on any atom is -0.456 e. The van der Waals surface area contributed by atoms with Crippen molar-refractivity contribution in [2.75, 3.05) is 0 Å². The van der Waals surface area contributed by atoms with Crippen LogP contribution in [0.15, 0.2) is 132 Å². The van der Waals surface area contributed by atoms with Crippen molar-refractivity contribution >= 4 is 21.9 Å². The average Bonchev–Trinajstić information content (AvgIpc) is 3.67. The molecule has 2 heterocycles. The van der Waals surface area contributed by atoms with Crippen LogP contribution in [0.25, 0.3) is 77.7 Å². The van der Waals surface area contributed by atoms with E-state index in [2.05, 4.69) is 132 Å². The standard InChI is InChI=1S/C42H29N3O/c1-25-22-33-30-16-7-6-14-28(30)23-34(33)39(26(25)2)41-35(31-17-9-8-15-29(31)27-12-4-3-5-13-27)24-38-40(32-18-10-11-19-37(32)46-38)42(41)36-20-21-43-45-44-36/h3-22,24H,23H2,1-2H3. The van der Waals surface area contributed by atoms with Crippen molar-refractivity contribution in [3.05, 3.63) is 150 Å². The molecule has 0 unspecified atom stereocenters. The number of aromatic nitrogens is 3. The van der Waals surface area contributed by atoms with Crippen LogP contribution in [0.2, 0.25) is 0 Å². The third-order valence-electron chi connectivity index (χ3n) is 9.61. The van der Waals surface area contributed by atoms with E-state index >= 15 is 0 Å². The maximum absolute atomic E-state index is 6.65. The van der Waals surface area contributed by atoms with Gasteiger partial charge in [0.05, 0.1) is 11.9 Å². The van der Waals surface area contributed by atoms with Gasteiger partial charge in [0, 0.05) is 21.9 Å². The summed E-state index contributed by atoms with van der Waals surface area (Å²) in [4.78, 5) is 0. The summed E-state index contributed by atoms with van der Waals surface area (Å²) in [5, 5.41) is 15.0. The minimum absolute atomic E-state index is 0.769.